The molecule has 0 aliphatic heterocycles. The van der Waals surface area contributed by atoms with Crippen molar-refractivity contribution in [2.45, 2.75) is 46.2 Å². The van der Waals surface area contributed by atoms with Gasteiger partial charge in [-0.25, -0.2) is 9.98 Å². The molecule has 0 bridgehead atoms. The Bertz CT molecular complexity index is 607. The van der Waals surface area contributed by atoms with Crippen molar-refractivity contribution in [1.82, 2.24) is 20.2 Å². The summed E-state index contributed by atoms with van der Waals surface area (Å²) in [6.07, 6.45) is 4.13. The summed E-state index contributed by atoms with van der Waals surface area (Å²) in [4.78, 5) is 9.32. The van der Waals surface area contributed by atoms with Crippen molar-refractivity contribution in [3.8, 4) is 0 Å². The average Bonchev–Trinajstić information content (AvgIpc) is 3.15. The number of nitrogens with zero attached hydrogens (tertiary/aromatic N) is 3. The van der Waals surface area contributed by atoms with Crippen LogP contribution < -0.4 is 10.6 Å². The van der Waals surface area contributed by atoms with Gasteiger partial charge in [0.25, 0.3) is 0 Å². The smallest absolute Gasteiger partial charge is 0.191 e. The molecule has 126 valence electrons. The van der Waals surface area contributed by atoms with Crippen LogP contribution in [-0.4, -0.2) is 28.6 Å². The van der Waals surface area contributed by atoms with Gasteiger partial charge in [0, 0.05) is 42.8 Å². The minimum absolute atomic E-state index is 0.0952. The third kappa shape index (κ3) is 5.71. The fourth-order valence-electron chi connectivity index (χ4n) is 2.04. The summed E-state index contributed by atoms with van der Waals surface area (Å²) >= 11 is 1.68. The molecule has 0 radical (unpaired) electrons. The quantitative estimate of drug-likeness (QED) is 0.631. The second-order valence-electron chi connectivity index (χ2n) is 6.42. The van der Waals surface area contributed by atoms with Gasteiger partial charge in [-0.1, -0.05) is 20.8 Å². The Kier molecular flexibility index (Phi) is 6.21. The van der Waals surface area contributed by atoms with Gasteiger partial charge in [-0.15, -0.1) is 11.3 Å². The zero-order chi connectivity index (χ0) is 16.7. The number of aliphatic imine (C=N–C) groups is 1. The largest absolute Gasteiger partial charge is 0.357 e. The predicted molar refractivity (Wildman–Crippen MR) is 98.1 cm³/mol. The fourth-order valence-corrected chi connectivity index (χ4v) is 2.98. The number of hydrogen-bond acceptors (Lipinski definition) is 3. The molecule has 2 aromatic heterocycles. The standard InChI is InChI=1S/C17H27N5S/c1-5-18-16(19-8-11-22-9-6-7-10-22)20-12-15-21-14(13-23-15)17(2,3)4/h6-7,9-10,13H,5,8,11-12H2,1-4H3,(H2,18,19,20). The highest BCUT2D eigenvalue weighted by Crippen LogP contribution is 2.24. The summed E-state index contributed by atoms with van der Waals surface area (Å²) in [5, 5.41) is 9.83. The highest BCUT2D eigenvalue weighted by molar-refractivity contribution is 7.09. The molecule has 0 unspecified atom stereocenters. The molecule has 5 nitrogen and oxygen atoms in total. The Hall–Kier alpha value is -1.82. The number of guanidine groups is 1. The lowest BCUT2D eigenvalue weighted by molar-refractivity contribution is 0.571. The SMILES string of the molecule is CCNC(=NCc1nc(C(C)(C)C)cs1)NCCn1cccc1. The van der Waals surface area contributed by atoms with Gasteiger partial charge in [0.15, 0.2) is 5.96 Å². The lowest BCUT2D eigenvalue weighted by atomic mass is 9.93. The summed E-state index contributed by atoms with van der Waals surface area (Å²) < 4.78 is 2.15. The van der Waals surface area contributed by atoms with Crippen LogP contribution in [0.5, 0.6) is 0 Å². The maximum atomic E-state index is 4.69. The number of aromatic nitrogens is 2. The van der Waals surface area contributed by atoms with E-state index in [1.54, 1.807) is 11.3 Å². The van der Waals surface area contributed by atoms with Crippen LogP contribution in [0.2, 0.25) is 0 Å². The van der Waals surface area contributed by atoms with Crippen LogP contribution in [-0.2, 0) is 18.5 Å². The van der Waals surface area contributed by atoms with Gasteiger partial charge in [-0.3, -0.25) is 0 Å². The lowest BCUT2D eigenvalue weighted by Crippen LogP contribution is -2.38. The van der Waals surface area contributed by atoms with E-state index in [1.165, 1.54) is 0 Å². The second-order valence-corrected chi connectivity index (χ2v) is 7.36. The predicted octanol–water partition coefficient (Wildman–Crippen LogP) is 3.00. The van der Waals surface area contributed by atoms with E-state index in [-0.39, 0.29) is 5.41 Å². The van der Waals surface area contributed by atoms with E-state index >= 15 is 0 Å². The van der Waals surface area contributed by atoms with Crippen LogP contribution >= 0.6 is 11.3 Å². The minimum Gasteiger partial charge on any atom is -0.357 e. The summed E-state index contributed by atoms with van der Waals surface area (Å²) in [5.74, 6) is 0.840. The van der Waals surface area contributed by atoms with E-state index in [2.05, 4.69) is 70.6 Å². The number of thiazole rings is 1. The Balaban J connectivity index is 1.88. The maximum Gasteiger partial charge on any atom is 0.191 e. The van der Waals surface area contributed by atoms with Crippen molar-refractivity contribution < 1.29 is 0 Å². The van der Waals surface area contributed by atoms with Crippen LogP contribution in [0.25, 0.3) is 0 Å². The van der Waals surface area contributed by atoms with Gasteiger partial charge in [0.1, 0.15) is 5.01 Å². The fraction of sp³-hybridized carbons (Fsp3) is 0.529. The lowest BCUT2D eigenvalue weighted by Gasteiger charge is -2.14. The van der Waals surface area contributed by atoms with Gasteiger partial charge in [-0.2, -0.15) is 0 Å². The van der Waals surface area contributed by atoms with Crippen molar-refractivity contribution in [3.63, 3.8) is 0 Å². The van der Waals surface area contributed by atoms with E-state index in [0.717, 1.165) is 36.3 Å². The molecule has 0 saturated heterocycles. The molecule has 2 rings (SSSR count). The summed E-state index contributed by atoms with van der Waals surface area (Å²) in [6.45, 7) is 11.8. The molecule has 2 aromatic rings. The van der Waals surface area contributed by atoms with E-state index in [9.17, 15) is 0 Å². The van der Waals surface area contributed by atoms with Crippen molar-refractivity contribution in [2.75, 3.05) is 13.1 Å². The number of hydrogen-bond donors (Lipinski definition) is 2. The first-order valence-corrected chi connectivity index (χ1v) is 8.95. The Morgan fingerprint density at radius 1 is 1.26 bits per heavy atom. The molecule has 0 aliphatic rings. The molecule has 23 heavy (non-hydrogen) atoms. The van der Waals surface area contributed by atoms with Crippen molar-refractivity contribution >= 4 is 17.3 Å². The van der Waals surface area contributed by atoms with Crippen LogP contribution in [0.15, 0.2) is 34.9 Å². The van der Waals surface area contributed by atoms with Gasteiger partial charge >= 0.3 is 0 Å². The highest BCUT2D eigenvalue weighted by Gasteiger charge is 2.17. The highest BCUT2D eigenvalue weighted by atomic mass is 32.1. The monoisotopic (exact) mass is 333 g/mol. The topological polar surface area (TPSA) is 54.2 Å². The summed E-state index contributed by atoms with van der Waals surface area (Å²) in [6, 6.07) is 4.07. The molecule has 0 aliphatic carbocycles. The van der Waals surface area contributed by atoms with Crippen LogP contribution in [0, 0.1) is 0 Å². The Labute approximate surface area is 142 Å². The zero-order valence-corrected chi connectivity index (χ0v) is 15.3. The Morgan fingerprint density at radius 3 is 2.61 bits per heavy atom. The molecule has 2 N–H and O–H groups in total. The first-order chi connectivity index (χ1) is 11.0. The number of nitrogens with one attached hydrogen (secondary N) is 2. The van der Waals surface area contributed by atoms with Crippen molar-refractivity contribution in [1.29, 1.82) is 0 Å². The van der Waals surface area contributed by atoms with Gasteiger partial charge in [0.2, 0.25) is 0 Å². The molecule has 6 heteroatoms. The van der Waals surface area contributed by atoms with Gasteiger partial charge < -0.3 is 15.2 Å². The maximum absolute atomic E-state index is 4.69. The second kappa shape index (κ2) is 8.15. The molecule has 0 amide bonds. The molecular weight excluding hydrogens is 306 g/mol. The molecule has 2 heterocycles. The molecule has 0 atom stereocenters. The van der Waals surface area contributed by atoms with E-state index in [1.807, 2.05) is 12.1 Å². The average molecular weight is 334 g/mol. The third-order valence-electron chi connectivity index (χ3n) is 3.37. The van der Waals surface area contributed by atoms with E-state index in [0.29, 0.717) is 6.54 Å². The first kappa shape index (κ1) is 17.5. The third-order valence-corrected chi connectivity index (χ3v) is 4.20. The molecule has 0 spiro atoms. The number of rotatable bonds is 6. The summed E-state index contributed by atoms with van der Waals surface area (Å²) in [5.41, 5.74) is 1.23. The van der Waals surface area contributed by atoms with Crippen LogP contribution in [0.3, 0.4) is 0 Å². The molecule has 0 fully saturated rings. The van der Waals surface area contributed by atoms with E-state index < -0.39 is 0 Å². The van der Waals surface area contributed by atoms with Crippen LogP contribution in [0.1, 0.15) is 38.4 Å². The first-order valence-electron chi connectivity index (χ1n) is 8.07. The summed E-state index contributed by atoms with van der Waals surface area (Å²) in [7, 11) is 0. The van der Waals surface area contributed by atoms with Gasteiger partial charge in [0.05, 0.1) is 12.2 Å². The Morgan fingerprint density at radius 2 is 2.00 bits per heavy atom. The minimum atomic E-state index is 0.0952. The normalized spacial score (nSPS) is 12.4. The van der Waals surface area contributed by atoms with E-state index in [4.69, 9.17) is 0 Å². The molecular formula is C17H27N5S. The zero-order valence-electron chi connectivity index (χ0n) is 14.5. The molecule has 0 aromatic carbocycles. The van der Waals surface area contributed by atoms with Gasteiger partial charge in [-0.05, 0) is 19.1 Å². The van der Waals surface area contributed by atoms with Crippen LogP contribution in [0.4, 0.5) is 0 Å². The molecule has 0 saturated carbocycles. The van der Waals surface area contributed by atoms with Crippen molar-refractivity contribution in [3.05, 3.63) is 40.6 Å². The van der Waals surface area contributed by atoms with Crippen molar-refractivity contribution in [2.24, 2.45) is 4.99 Å².